The van der Waals surface area contributed by atoms with Gasteiger partial charge in [0.15, 0.2) is 0 Å². The summed E-state index contributed by atoms with van der Waals surface area (Å²) in [7, 11) is 1.33. The fraction of sp³-hybridized carbons (Fsp3) is 0.227. The second-order valence-corrected chi connectivity index (χ2v) is 7.56. The monoisotopic (exact) mass is 463 g/mol. The summed E-state index contributed by atoms with van der Waals surface area (Å²) in [6.07, 6.45) is -0.820. The molecule has 3 rings (SSSR count). The number of methoxy groups -OCH3 is 1. The maximum Gasteiger partial charge on any atom is 0.416 e. The number of nitrogens with one attached hydrogen (secondary N) is 1. The summed E-state index contributed by atoms with van der Waals surface area (Å²) < 4.78 is 43.8. The maximum absolute atomic E-state index is 12.9. The average Bonchev–Trinajstić information content (AvgIpc) is 2.78. The van der Waals surface area contributed by atoms with Crippen LogP contribution in [0.1, 0.15) is 21.5 Å². The second-order valence-electron chi connectivity index (χ2n) is 6.71. The summed E-state index contributed by atoms with van der Waals surface area (Å²) in [6.45, 7) is 0.409. The van der Waals surface area contributed by atoms with Gasteiger partial charge in [-0.25, -0.2) is 14.8 Å². The smallest absolute Gasteiger partial charge is 0.416 e. The number of hydrogen-bond acceptors (Lipinski definition) is 6. The van der Waals surface area contributed by atoms with Gasteiger partial charge in [0.05, 0.1) is 23.9 Å². The molecule has 0 radical (unpaired) electrons. The van der Waals surface area contributed by atoms with Gasteiger partial charge in [0.2, 0.25) is 0 Å². The number of nitrogens with zero attached hydrogens (tertiary/aromatic N) is 2. The lowest BCUT2D eigenvalue weighted by Crippen LogP contribution is -2.09. The van der Waals surface area contributed by atoms with Crippen LogP contribution in [0.5, 0.6) is 5.75 Å². The number of thioether (sulfide) groups is 1. The Labute approximate surface area is 186 Å². The molecule has 2 N–H and O–H groups in total. The van der Waals surface area contributed by atoms with Crippen LogP contribution in [0, 0.1) is 0 Å². The van der Waals surface area contributed by atoms with Crippen molar-refractivity contribution in [3.63, 3.8) is 0 Å². The van der Waals surface area contributed by atoms with E-state index in [1.165, 1.54) is 37.3 Å². The number of carboxylic acid groups (broad SMARTS) is 1. The molecule has 168 valence electrons. The number of ether oxygens (including phenoxy) is 1. The molecule has 0 aliphatic heterocycles. The lowest BCUT2D eigenvalue weighted by Gasteiger charge is -2.13. The molecule has 0 aliphatic rings. The number of aromatic carboxylic acids is 1. The third-order valence-corrected chi connectivity index (χ3v) is 5.49. The van der Waals surface area contributed by atoms with Crippen molar-refractivity contribution in [3.05, 3.63) is 65.5 Å². The fourth-order valence-electron chi connectivity index (χ4n) is 3.09. The molecule has 1 heterocycles. The highest BCUT2D eigenvalue weighted by Crippen LogP contribution is 2.33. The number of hydrogen-bond donors (Lipinski definition) is 2. The van der Waals surface area contributed by atoms with Crippen molar-refractivity contribution in [1.29, 1.82) is 0 Å². The molecule has 0 amide bonds. The Morgan fingerprint density at radius 1 is 1.16 bits per heavy atom. The zero-order chi connectivity index (χ0) is 23.3. The molecule has 0 fully saturated rings. The van der Waals surface area contributed by atoms with Crippen LogP contribution in [0.25, 0.3) is 11.3 Å². The molecule has 0 spiro atoms. The highest BCUT2D eigenvalue weighted by Gasteiger charge is 2.31. The van der Waals surface area contributed by atoms with Crippen molar-refractivity contribution in [2.45, 2.75) is 17.5 Å². The molecule has 2 aromatic carbocycles. The Morgan fingerprint density at radius 3 is 2.59 bits per heavy atom. The number of rotatable bonds is 8. The number of aromatic nitrogens is 2. The van der Waals surface area contributed by atoms with Gasteiger partial charge >= 0.3 is 12.1 Å². The van der Waals surface area contributed by atoms with E-state index in [1.54, 1.807) is 24.5 Å². The third-order valence-electron chi connectivity index (χ3n) is 4.71. The molecule has 0 bridgehead atoms. The minimum atomic E-state index is -4.43. The number of carbonyl (C=O) groups is 1. The van der Waals surface area contributed by atoms with Crippen LogP contribution >= 0.6 is 11.8 Å². The highest BCUT2D eigenvalue weighted by atomic mass is 32.2. The van der Waals surface area contributed by atoms with Crippen molar-refractivity contribution >= 4 is 23.5 Å². The van der Waals surface area contributed by atoms with Crippen molar-refractivity contribution in [3.8, 4) is 17.0 Å². The van der Waals surface area contributed by atoms with Gasteiger partial charge < -0.3 is 15.2 Å². The van der Waals surface area contributed by atoms with Crippen molar-refractivity contribution in [1.82, 2.24) is 9.97 Å². The Balaban J connectivity index is 1.72. The molecule has 1 aromatic heterocycles. The molecule has 0 atom stereocenters. The second kappa shape index (κ2) is 9.90. The number of carboxylic acids is 1. The fourth-order valence-corrected chi connectivity index (χ4v) is 3.71. The first-order chi connectivity index (χ1) is 15.2. The van der Waals surface area contributed by atoms with Crippen LogP contribution in [-0.4, -0.2) is 41.0 Å². The topological polar surface area (TPSA) is 84.3 Å². The summed E-state index contributed by atoms with van der Waals surface area (Å²) >= 11 is 1.33. The molecule has 0 aliphatic carbocycles. The van der Waals surface area contributed by atoms with Gasteiger partial charge in [-0.2, -0.15) is 13.2 Å². The van der Waals surface area contributed by atoms with Gasteiger partial charge in [-0.1, -0.05) is 12.1 Å². The van der Waals surface area contributed by atoms with Crippen LogP contribution in [0.2, 0.25) is 0 Å². The van der Waals surface area contributed by atoms with E-state index < -0.39 is 17.7 Å². The van der Waals surface area contributed by atoms with Gasteiger partial charge in [-0.3, -0.25) is 0 Å². The summed E-state index contributed by atoms with van der Waals surface area (Å²) in [4.78, 5) is 20.4. The van der Waals surface area contributed by atoms with Crippen molar-refractivity contribution in [2.75, 3.05) is 25.2 Å². The Hall–Kier alpha value is -3.27. The van der Waals surface area contributed by atoms with E-state index >= 15 is 0 Å². The van der Waals surface area contributed by atoms with E-state index in [2.05, 4.69) is 15.3 Å². The van der Waals surface area contributed by atoms with Gasteiger partial charge in [-0.15, -0.1) is 11.8 Å². The van der Waals surface area contributed by atoms with Crippen LogP contribution in [0.4, 0.5) is 19.0 Å². The van der Waals surface area contributed by atoms with E-state index in [9.17, 15) is 23.1 Å². The SMILES string of the molecule is COc1cc(C(F)(F)F)ccc1CCNc1cc(-c2ccc(C(=O)O)c(SC)c2)ncn1. The molecule has 0 saturated carbocycles. The predicted molar refractivity (Wildman–Crippen MR) is 116 cm³/mol. The zero-order valence-electron chi connectivity index (χ0n) is 17.2. The maximum atomic E-state index is 12.9. The van der Waals surface area contributed by atoms with Crippen LogP contribution in [0.3, 0.4) is 0 Å². The Kier molecular flexibility index (Phi) is 7.24. The molecule has 32 heavy (non-hydrogen) atoms. The lowest BCUT2D eigenvalue weighted by molar-refractivity contribution is -0.137. The first kappa shape index (κ1) is 23.4. The summed E-state index contributed by atoms with van der Waals surface area (Å²) in [5.74, 6) is -0.286. The normalized spacial score (nSPS) is 11.3. The number of halogens is 3. The molecule has 0 unspecified atom stereocenters. The van der Waals surface area contributed by atoms with Gasteiger partial charge in [0.1, 0.15) is 17.9 Å². The molecule has 0 saturated heterocycles. The van der Waals surface area contributed by atoms with Crippen LogP contribution < -0.4 is 10.1 Å². The molecule has 3 aromatic rings. The highest BCUT2D eigenvalue weighted by molar-refractivity contribution is 7.98. The first-order valence-corrected chi connectivity index (χ1v) is 10.7. The van der Waals surface area contributed by atoms with Gasteiger partial charge in [0.25, 0.3) is 0 Å². The van der Waals surface area contributed by atoms with E-state index in [0.717, 1.165) is 17.7 Å². The van der Waals surface area contributed by atoms with E-state index in [1.807, 2.05) is 0 Å². The lowest BCUT2D eigenvalue weighted by atomic mass is 10.1. The van der Waals surface area contributed by atoms with Crippen LogP contribution in [-0.2, 0) is 12.6 Å². The number of alkyl halides is 3. The average molecular weight is 463 g/mol. The molecule has 6 nitrogen and oxygen atoms in total. The van der Waals surface area contributed by atoms with E-state index in [4.69, 9.17) is 4.74 Å². The zero-order valence-corrected chi connectivity index (χ0v) is 18.0. The summed E-state index contributed by atoms with van der Waals surface area (Å²) in [5.41, 5.74) is 1.45. The van der Waals surface area contributed by atoms with Gasteiger partial charge in [-0.05, 0) is 42.5 Å². The van der Waals surface area contributed by atoms with Crippen molar-refractivity contribution in [2.24, 2.45) is 0 Å². The predicted octanol–water partition coefficient (Wildman–Crippen LogP) is 5.25. The minimum absolute atomic E-state index is 0.174. The van der Waals surface area contributed by atoms with Gasteiger partial charge in [0, 0.05) is 23.1 Å². The van der Waals surface area contributed by atoms with E-state index in [-0.39, 0.29) is 11.3 Å². The Bertz CT molecular complexity index is 1120. The number of anilines is 1. The van der Waals surface area contributed by atoms with E-state index in [0.29, 0.717) is 34.9 Å². The molecular formula is C22H20F3N3O3S. The first-order valence-electron chi connectivity index (χ1n) is 9.44. The summed E-state index contributed by atoms with van der Waals surface area (Å²) in [6, 6.07) is 10.1. The third kappa shape index (κ3) is 5.50. The van der Waals surface area contributed by atoms with Crippen molar-refractivity contribution < 1.29 is 27.8 Å². The number of benzene rings is 2. The standard InChI is InChI=1S/C22H20F3N3O3S/c1-31-18-10-15(22(23,24)25)5-3-13(18)7-8-26-20-11-17(27-12-28-20)14-4-6-16(21(29)30)19(9-14)32-2/h3-6,9-12H,7-8H2,1-2H3,(H,29,30)(H,26,27,28). The van der Waals surface area contributed by atoms with Crippen LogP contribution in [0.15, 0.2) is 53.7 Å². The summed E-state index contributed by atoms with van der Waals surface area (Å²) in [5, 5.41) is 12.4. The quantitative estimate of drug-likeness (QED) is 0.442. The Morgan fingerprint density at radius 2 is 1.94 bits per heavy atom. The molecular weight excluding hydrogens is 443 g/mol. The molecule has 10 heteroatoms. The largest absolute Gasteiger partial charge is 0.496 e. The minimum Gasteiger partial charge on any atom is -0.496 e.